The second kappa shape index (κ2) is 3.87. The van der Waals surface area contributed by atoms with E-state index in [9.17, 15) is 4.39 Å². The summed E-state index contributed by atoms with van der Waals surface area (Å²) in [5.74, 6) is -0.207. The molecular weight excluding hydrogens is 257 g/mol. The van der Waals surface area contributed by atoms with Gasteiger partial charge in [0.15, 0.2) is 0 Å². The van der Waals surface area contributed by atoms with Crippen LogP contribution >= 0.6 is 15.9 Å². The zero-order valence-corrected chi connectivity index (χ0v) is 10.4. The Balaban J connectivity index is 2.51. The first-order chi connectivity index (χ1) is 7.03. The van der Waals surface area contributed by atoms with Crippen molar-refractivity contribution in [3.63, 3.8) is 0 Å². The lowest BCUT2D eigenvalue weighted by molar-refractivity contribution is 0.454. The van der Waals surface area contributed by atoms with E-state index in [0.29, 0.717) is 4.47 Å². The first kappa shape index (κ1) is 11.1. The summed E-state index contributed by atoms with van der Waals surface area (Å²) in [6, 6.07) is 3.53. The van der Waals surface area contributed by atoms with Gasteiger partial charge in [-0.2, -0.15) is 0 Å². The maximum atomic E-state index is 13.6. The molecule has 0 unspecified atom stereocenters. The van der Waals surface area contributed by atoms with Crippen LogP contribution in [0.5, 0.6) is 0 Å². The fraction of sp³-hybridized carbons (Fsp3) is 0.500. The molecule has 0 radical (unpaired) electrons. The number of hydrogen-bond acceptors (Lipinski definition) is 1. The lowest BCUT2D eigenvalue weighted by Crippen LogP contribution is -2.33. The normalized spacial score (nSPS) is 19.5. The van der Waals surface area contributed by atoms with E-state index < -0.39 is 0 Å². The van der Waals surface area contributed by atoms with Gasteiger partial charge < -0.3 is 5.73 Å². The maximum Gasteiger partial charge on any atom is 0.137 e. The first-order valence-electron chi connectivity index (χ1n) is 5.28. The Kier molecular flexibility index (Phi) is 2.86. The van der Waals surface area contributed by atoms with Crippen molar-refractivity contribution in [2.24, 2.45) is 5.73 Å². The van der Waals surface area contributed by atoms with Crippen molar-refractivity contribution in [1.29, 1.82) is 0 Å². The first-order valence-corrected chi connectivity index (χ1v) is 6.07. The SMILES string of the molecule is Cc1cc(F)c(Br)c(C2(N)CCCC2)c1. The highest BCUT2D eigenvalue weighted by molar-refractivity contribution is 9.10. The average Bonchev–Trinajstić information content (AvgIpc) is 2.59. The van der Waals surface area contributed by atoms with E-state index in [1.54, 1.807) is 0 Å². The van der Waals surface area contributed by atoms with E-state index >= 15 is 0 Å². The van der Waals surface area contributed by atoms with E-state index in [2.05, 4.69) is 15.9 Å². The number of aryl methyl sites for hydroxylation is 1. The smallest absolute Gasteiger partial charge is 0.137 e. The highest BCUT2D eigenvalue weighted by Crippen LogP contribution is 2.40. The Morgan fingerprint density at radius 2 is 1.93 bits per heavy atom. The van der Waals surface area contributed by atoms with Gasteiger partial charge in [-0.1, -0.05) is 18.9 Å². The van der Waals surface area contributed by atoms with Crippen LogP contribution in [0.15, 0.2) is 16.6 Å². The number of benzene rings is 1. The van der Waals surface area contributed by atoms with E-state index in [-0.39, 0.29) is 11.4 Å². The summed E-state index contributed by atoms with van der Waals surface area (Å²) in [7, 11) is 0. The van der Waals surface area contributed by atoms with Crippen LogP contribution in [-0.4, -0.2) is 0 Å². The number of rotatable bonds is 1. The Bertz CT molecular complexity index is 383. The van der Waals surface area contributed by atoms with Gasteiger partial charge in [0.1, 0.15) is 5.82 Å². The molecule has 82 valence electrons. The predicted molar refractivity (Wildman–Crippen MR) is 63.2 cm³/mol. The molecule has 0 amide bonds. The molecular formula is C12H15BrFN. The summed E-state index contributed by atoms with van der Waals surface area (Å²) in [4.78, 5) is 0. The lowest BCUT2D eigenvalue weighted by Gasteiger charge is -2.26. The molecule has 0 aromatic heterocycles. The zero-order chi connectivity index (χ0) is 11.1. The molecule has 1 nitrogen and oxygen atoms in total. The van der Waals surface area contributed by atoms with Gasteiger partial charge >= 0.3 is 0 Å². The summed E-state index contributed by atoms with van der Waals surface area (Å²) < 4.78 is 14.1. The molecule has 15 heavy (non-hydrogen) atoms. The molecule has 1 aliphatic carbocycles. The van der Waals surface area contributed by atoms with E-state index in [1.807, 2.05) is 13.0 Å². The maximum absolute atomic E-state index is 13.6. The van der Waals surface area contributed by atoms with Crippen LogP contribution < -0.4 is 5.73 Å². The van der Waals surface area contributed by atoms with Crippen molar-refractivity contribution < 1.29 is 4.39 Å². The summed E-state index contributed by atoms with van der Waals surface area (Å²) in [5.41, 5.74) is 7.86. The lowest BCUT2D eigenvalue weighted by atomic mass is 9.88. The third-order valence-corrected chi connectivity index (χ3v) is 4.01. The largest absolute Gasteiger partial charge is 0.321 e. The number of halogens is 2. The monoisotopic (exact) mass is 271 g/mol. The van der Waals surface area contributed by atoms with Crippen molar-refractivity contribution in [1.82, 2.24) is 0 Å². The Morgan fingerprint density at radius 3 is 2.53 bits per heavy atom. The minimum atomic E-state index is -0.328. The number of nitrogens with two attached hydrogens (primary N) is 1. The molecule has 1 fully saturated rings. The third kappa shape index (κ3) is 1.95. The fourth-order valence-corrected chi connectivity index (χ4v) is 2.99. The molecule has 0 heterocycles. The molecule has 0 spiro atoms. The molecule has 2 rings (SSSR count). The van der Waals surface area contributed by atoms with Crippen LogP contribution in [0.25, 0.3) is 0 Å². The van der Waals surface area contributed by atoms with Crippen molar-refractivity contribution >= 4 is 15.9 Å². The minimum Gasteiger partial charge on any atom is -0.321 e. The molecule has 1 aromatic carbocycles. The van der Waals surface area contributed by atoms with Crippen LogP contribution in [0.2, 0.25) is 0 Å². The van der Waals surface area contributed by atoms with Crippen LogP contribution in [0, 0.1) is 12.7 Å². The molecule has 0 aliphatic heterocycles. The fourth-order valence-electron chi connectivity index (χ4n) is 2.36. The van der Waals surface area contributed by atoms with Gasteiger partial charge in [0.25, 0.3) is 0 Å². The highest BCUT2D eigenvalue weighted by atomic mass is 79.9. The summed E-state index contributed by atoms with van der Waals surface area (Å²) in [5, 5.41) is 0. The predicted octanol–water partition coefficient (Wildman–Crippen LogP) is 3.62. The minimum absolute atomic E-state index is 0.207. The molecule has 3 heteroatoms. The summed E-state index contributed by atoms with van der Waals surface area (Å²) in [6.07, 6.45) is 4.18. The van der Waals surface area contributed by atoms with Gasteiger partial charge in [-0.15, -0.1) is 0 Å². The van der Waals surface area contributed by atoms with Crippen molar-refractivity contribution in [2.75, 3.05) is 0 Å². The van der Waals surface area contributed by atoms with Gasteiger partial charge in [0.2, 0.25) is 0 Å². The van der Waals surface area contributed by atoms with E-state index in [4.69, 9.17) is 5.73 Å². The second-order valence-corrected chi connectivity index (χ2v) is 5.26. The van der Waals surface area contributed by atoms with Crippen molar-refractivity contribution in [2.45, 2.75) is 38.1 Å². The van der Waals surface area contributed by atoms with Crippen LogP contribution in [0.3, 0.4) is 0 Å². The van der Waals surface area contributed by atoms with E-state index in [1.165, 1.54) is 6.07 Å². The Morgan fingerprint density at radius 1 is 1.33 bits per heavy atom. The van der Waals surface area contributed by atoms with Gasteiger partial charge in [0, 0.05) is 5.54 Å². The molecule has 2 N–H and O–H groups in total. The molecule has 0 atom stereocenters. The standard InChI is InChI=1S/C12H15BrFN/c1-8-6-9(11(13)10(14)7-8)12(15)4-2-3-5-12/h6-7H,2-5,15H2,1H3. The molecule has 1 aromatic rings. The van der Waals surface area contributed by atoms with Crippen LogP contribution in [-0.2, 0) is 5.54 Å². The zero-order valence-electron chi connectivity index (χ0n) is 8.82. The Hall–Kier alpha value is -0.410. The molecule has 1 aliphatic rings. The van der Waals surface area contributed by atoms with Gasteiger partial charge in [-0.3, -0.25) is 0 Å². The van der Waals surface area contributed by atoms with Crippen molar-refractivity contribution in [3.05, 3.63) is 33.5 Å². The third-order valence-electron chi connectivity index (χ3n) is 3.20. The van der Waals surface area contributed by atoms with Gasteiger partial charge in [-0.05, 0) is 52.9 Å². The number of hydrogen-bond donors (Lipinski definition) is 1. The quantitative estimate of drug-likeness (QED) is 0.830. The Labute approximate surface area is 98.0 Å². The van der Waals surface area contributed by atoms with Gasteiger partial charge in [0.05, 0.1) is 4.47 Å². The second-order valence-electron chi connectivity index (χ2n) is 4.47. The molecule has 1 saturated carbocycles. The highest BCUT2D eigenvalue weighted by Gasteiger charge is 2.33. The van der Waals surface area contributed by atoms with Crippen molar-refractivity contribution in [3.8, 4) is 0 Å². The van der Waals surface area contributed by atoms with Crippen LogP contribution in [0.1, 0.15) is 36.8 Å². The topological polar surface area (TPSA) is 26.0 Å². The summed E-state index contributed by atoms with van der Waals surface area (Å²) in [6.45, 7) is 1.90. The van der Waals surface area contributed by atoms with Crippen LogP contribution in [0.4, 0.5) is 4.39 Å². The van der Waals surface area contributed by atoms with E-state index in [0.717, 1.165) is 36.8 Å². The molecule has 0 bridgehead atoms. The average molecular weight is 272 g/mol. The molecule has 0 saturated heterocycles. The summed E-state index contributed by atoms with van der Waals surface area (Å²) >= 11 is 3.30. The van der Waals surface area contributed by atoms with Gasteiger partial charge in [-0.25, -0.2) is 4.39 Å².